The molecule has 2 aromatic carbocycles. The van der Waals surface area contributed by atoms with Crippen molar-refractivity contribution in [2.45, 2.75) is 58.4 Å². The molecule has 0 bridgehead atoms. The van der Waals surface area contributed by atoms with Crippen molar-refractivity contribution in [2.24, 2.45) is 0 Å². The van der Waals surface area contributed by atoms with Crippen molar-refractivity contribution in [3.8, 4) is 0 Å². The molecule has 1 unspecified atom stereocenters. The molecule has 5 nitrogen and oxygen atoms in total. The van der Waals surface area contributed by atoms with Crippen molar-refractivity contribution in [1.82, 2.24) is 9.80 Å². The zero-order valence-electron chi connectivity index (χ0n) is 20.0. The zero-order valence-corrected chi connectivity index (χ0v) is 20.8. The second kappa shape index (κ2) is 11.2. The van der Waals surface area contributed by atoms with Gasteiger partial charge in [-0.15, -0.1) is 12.4 Å². The summed E-state index contributed by atoms with van der Waals surface area (Å²) in [4.78, 5) is 29.6. The Labute approximate surface area is 203 Å². The Kier molecular flexibility index (Phi) is 8.55. The van der Waals surface area contributed by atoms with E-state index in [4.69, 9.17) is 0 Å². The van der Waals surface area contributed by atoms with Gasteiger partial charge in [-0.3, -0.25) is 14.5 Å². The maximum atomic E-state index is 13.2. The SMILES string of the molecule is CCC(=O)Nc1c(C)cc(C(=O)N2CCC(N3CCC(c4ccccc4)C3)CC2)cc1C.Cl. The van der Waals surface area contributed by atoms with Gasteiger partial charge in [0.2, 0.25) is 5.91 Å². The summed E-state index contributed by atoms with van der Waals surface area (Å²) in [5.41, 5.74) is 4.88. The molecule has 0 spiro atoms. The van der Waals surface area contributed by atoms with Gasteiger partial charge in [-0.2, -0.15) is 0 Å². The highest BCUT2D eigenvalue weighted by Gasteiger charge is 2.32. The molecule has 2 saturated heterocycles. The van der Waals surface area contributed by atoms with E-state index in [-0.39, 0.29) is 24.2 Å². The van der Waals surface area contributed by atoms with Gasteiger partial charge in [0.15, 0.2) is 0 Å². The van der Waals surface area contributed by atoms with Crippen LogP contribution in [0.25, 0.3) is 0 Å². The van der Waals surface area contributed by atoms with Gasteiger partial charge in [0.25, 0.3) is 5.91 Å². The van der Waals surface area contributed by atoms with Crippen molar-refractivity contribution in [1.29, 1.82) is 0 Å². The molecular formula is C27H36ClN3O2. The van der Waals surface area contributed by atoms with Gasteiger partial charge >= 0.3 is 0 Å². The van der Waals surface area contributed by atoms with E-state index in [2.05, 4.69) is 40.5 Å². The maximum absolute atomic E-state index is 13.2. The first-order valence-corrected chi connectivity index (χ1v) is 12.0. The summed E-state index contributed by atoms with van der Waals surface area (Å²) < 4.78 is 0. The van der Waals surface area contributed by atoms with Crippen LogP contribution >= 0.6 is 12.4 Å². The number of likely N-dealkylation sites (tertiary alicyclic amines) is 2. The number of hydrogen-bond acceptors (Lipinski definition) is 3. The van der Waals surface area contributed by atoms with E-state index in [0.29, 0.717) is 18.4 Å². The Balaban J connectivity index is 0.00000306. The van der Waals surface area contributed by atoms with Gasteiger partial charge in [0, 0.05) is 43.3 Å². The minimum atomic E-state index is -0.00577. The van der Waals surface area contributed by atoms with Crippen LogP contribution in [0.2, 0.25) is 0 Å². The molecule has 6 heteroatoms. The highest BCUT2D eigenvalue weighted by Crippen LogP contribution is 2.31. The fourth-order valence-corrected chi connectivity index (χ4v) is 5.24. The number of halogens is 1. The molecule has 2 aliphatic rings. The lowest BCUT2D eigenvalue weighted by Crippen LogP contribution is -2.46. The summed E-state index contributed by atoms with van der Waals surface area (Å²) in [6, 6.07) is 15.3. The minimum Gasteiger partial charge on any atom is -0.339 e. The highest BCUT2D eigenvalue weighted by molar-refractivity contribution is 5.97. The zero-order chi connectivity index (χ0) is 22.7. The number of amides is 2. The third-order valence-electron chi connectivity index (χ3n) is 7.12. The topological polar surface area (TPSA) is 52.7 Å². The molecule has 0 radical (unpaired) electrons. The van der Waals surface area contributed by atoms with Crippen LogP contribution in [-0.4, -0.2) is 53.8 Å². The largest absolute Gasteiger partial charge is 0.339 e. The number of anilines is 1. The van der Waals surface area contributed by atoms with E-state index < -0.39 is 0 Å². The molecule has 2 aromatic rings. The van der Waals surface area contributed by atoms with Crippen LogP contribution in [0, 0.1) is 13.8 Å². The fourth-order valence-electron chi connectivity index (χ4n) is 5.24. The average Bonchev–Trinajstić information content (AvgIpc) is 3.31. The van der Waals surface area contributed by atoms with Gasteiger partial charge in [-0.1, -0.05) is 37.3 Å². The van der Waals surface area contributed by atoms with Crippen molar-refractivity contribution in [3.63, 3.8) is 0 Å². The summed E-state index contributed by atoms with van der Waals surface area (Å²) >= 11 is 0. The summed E-state index contributed by atoms with van der Waals surface area (Å²) in [6.07, 6.45) is 3.74. The normalized spacial score (nSPS) is 19.2. The van der Waals surface area contributed by atoms with Crippen molar-refractivity contribution < 1.29 is 9.59 Å². The molecule has 178 valence electrons. The lowest BCUT2D eigenvalue weighted by Gasteiger charge is -2.37. The van der Waals surface area contributed by atoms with E-state index in [1.165, 1.54) is 12.0 Å². The number of benzene rings is 2. The first kappa shape index (κ1) is 25.3. The van der Waals surface area contributed by atoms with Crippen LogP contribution < -0.4 is 5.32 Å². The molecule has 1 atom stereocenters. The molecule has 0 aliphatic carbocycles. The first-order valence-electron chi connectivity index (χ1n) is 12.0. The number of carbonyl (C=O) groups is 2. The lowest BCUT2D eigenvalue weighted by molar-refractivity contribution is -0.115. The van der Waals surface area contributed by atoms with Gasteiger partial charge in [0.05, 0.1) is 0 Å². The highest BCUT2D eigenvalue weighted by atomic mass is 35.5. The molecule has 4 rings (SSSR count). The lowest BCUT2D eigenvalue weighted by atomic mass is 9.98. The molecule has 2 fully saturated rings. The standard InChI is InChI=1S/C27H35N3O2.ClH/c1-4-25(31)28-26-19(2)16-23(17-20(26)3)27(32)29-14-11-24(12-15-29)30-13-10-22(18-30)21-8-6-5-7-9-21;/h5-9,16-17,22,24H,4,10-15,18H2,1-3H3,(H,28,31);1H. The third kappa shape index (κ3) is 5.77. The predicted octanol–water partition coefficient (Wildman–Crippen LogP) is 5.17. The predicted molar refractivity (Wildman–Crippen MR) is 136 cm³/mol. The summed E-state index contributed by atoms with van der Waals surface area (Å²) in [7, 11) is 0. The van der Waals surface area contributed by atoms with Gasteiger partial charge in [-0.25, -0.2) is 0 Å². The number of rotatable bonds is 5. The first-order chi connectivity index (χ1) is 15.5. The quantitative estimate of drug-likeness (QED) is 0.657. The average molecular weight is 470 g/mol. The monoisotopic (exact) mass is 469 g/mol. The van der Waals surface area contributed by atoms with Gasteiger partial charge in [-0.05, 0) is 74.4 Å². The summed E-state index contributed by atoms with van der Waals surface area (Å²) in [5, 5.41) is 2.96. The van der Waals surface area contributed by atoms with Crippen molar-refractivity contribution >= 4 is 29.9 Å². The fraction of sp³-hybridized carbons (Fsp3) is 0.481. The van der Waals surface area contributed by atoms with E-state index in [0.717, 1.165) is 61.4 Å². The number of piperidine rings is 1. The molecule has 2 aliphatic heterocycles. The van der Waals surface area contributed by atoms with Crippen molar-refractivity contribution in [3.05, 3.63) is 64.7 Å². The second-order valence-corrected chi connectivity index (χ2v) is 9.30. The van der Waals surface area contributed by atoms with Crippen LogP contribution in [0.3, 0.4) is 0 Å². The molecule has 1 N–H and O–H groups in total. The molecular weight excluding hydrogens is 434 g/mol. The van der Waals surface area contributed by atoms with E-state index in [9.17, 15) is 9.59 Å². The summed E-state index contributed by atoms with van der Waals surface area (Å²) in [5.74, 6) is 0.730. The Morgan fingerprint density at radius 2 is 1.61 bits per heavy atom. The summed E-state index contributed by atoms with van der Waals surface area (Å²) in [6.45, 7) is 9.65. The number of aryl methyl sites for hydroxylation is 2. The molecule has 2 amide bonds. The molecule has 0 saturated carbocycles. The number of nitrogens with one attached hydrogen (secondary N) is 1. The van der Waals surface area contributed by atoms with Crippen molar-refractivity contribution in [2.75, 3.05) is 31.5 Å². The van der Waals surface area contributed by atoms with Crippen LogP contribution in [0.4, 0.5) is 5.69 Å². The Bertz CT molecular complexity index is 948. The molecule has 0 aromatic heterocycles. The smallest absolute Gasteiger partial charge is 0.253 e. The minimum absolute atomic E-state index is 0. The Morgan fingerprint density at radius 1 is 0.970 bits per heavy atom. The number of carbonyl (C=O) groups excluding carboxylic acids is 2. The van der Waals surface area contributed by atoms with E-state index in [1.54, 1.807) is 0 Å². The number of nitrogens with zero attached hydrogens (tertiary/aromatic N) is 2. The molecule has 2 heterocycles. The Hall–Kier alpha value is -2.37. The van der Waals surface area contributed by atoms with Crippen LogP contribution in [0.1, 0.15) is 65.6 Å². The van der Waals surface area contributed by atoms with Crippen LogP contribution in [-0.2, 0) is 4.79 Å². The maximum Gasteiger partial charge on any atom is 0.253 e. The van der Waals surface area contributed by atoms with E-state index in [1.807, 2.05) is 37.8 Å². The van der Waals surface area contributed by atoms with Gasteiger partial charge in [0.1, 0.15) is 0 Å². The number of hydrogen-bond donors (Lipinski definition) is 1. The third-order valence-corrected chi connectivity index (χ3v) is 7.12. The second-order valence-electron chi connectivity index (χ2n) is 9.30. The van der Waals surface area contributed by atoms with Gasteiger partial charge < -0.3 is 10.2 Å². The molecule has 33 heavy (non-hydrogen) atoms. The van der Waals surface area contributed by atoms with Crippen LogP contribution in [0.15, 0.2) is 42.5 Å². The van der Waals surface area contributed by atoms with E-state index >= 15 is 0 Å². The van der Waals surface area contributed by atoms with Crippen LogP contribution in [0.5, 0.6) is 0 Å². The Morgan fingerprint density at radius 3 is 2.21 bits per heavy atom.